The molecule has 0 fully saturated rings. The lowest BCUT2D eigenvalue weighted by atomic mass is 10.2. The standard InChI is InChI=1S/C20H12Cl2N2O3/c21-13-5-7-16(22)15(10-13)19-8-6-14(27-19)9-12(11-23)20(26)24-17-3-1-2-4-18(17)25/h1-10,25H,(H,24,26)/b12-9+. The molecule has 134 valence electrons. The average molecular weight is 399 g/mol. The van der Waals surface area contributed by atoms with Crippen LogP contribution in [0.2, 0.25) is 10.0 Å². The molecule has 0 saturated carbocycles. The number of furan rings is 1. The van der Waals surface area contributed by atoms with Crippen molar-refractivity contribution in [1.82, 2.24) is 0 Å². The van der Waals surface area contributed by atoms with Crippen LogP contribution in [0.1, 0.15) is 5.76 Å². The molecule has 3 aromatic rings. The second-order valence-electron chi connectivity index (χ2n) is 5.47. The Morgan fingerprint density at radius 3 is 2.67 bits per heavy atom. The van der Waals surface area contributed by atoms with E-state index < -0.39 is 5.91 Å². The molecule has 5 nitrogen and oxygen atoms in total. The Labute approximate surface area is 165 Å². The summed E-state index contributed by atoms with van der Waals surface area (Å²) in [7, 11) is 0. The molecule has 0 radical (unpaired) electrons. The van der Waals surface area contributed by atoms with Gasteiger partial charge in [-0.15, -0.1) is 0 Å². The number of nitriles is 1. The molecule has 0 aliphatic heterocycles. The number of phenolic OH excluding ortho intramolecular Hbond substituents is 1. The smallest absolute Gasteiger partial charge is 0.266 e. The van der Waals surface area contributed by atoms with Crippen LogP contribution in [0.25, 0.3) is 17.4 Å². The van der Waals surface area contributed by atoms with Gasteiger partial charge in [0.15, 0.2) is 0 Å². The third kappa shape index (κ3) is 4.32. The van der Waals surface area contributed by atoms with Gasteiger partial charge in [-0.3, -0.25) is 4.79 Å². The number of carbonyl (C=O) groups is 1. The van der Waals surface area contributed by atoms with E-state index in [0.29, 0.717) is 27.1 Å². The number of carbonyl (C=O) groups excluding carboxylic acids is 1. The summed E-state index contributed by atoms with van der Waals surface area (Å²) < 4.78 is 5.66. The Morgan fingerprint density at radius 2 is 1.93 bits per heavy atom. The molecule has 0 unspecified atom stereocenters. The van der Waals surface area contributed by atoms with Gasteiger partial charge in [0.2, 0.25) is 0 Å². The van der Waals surface area contributed by atoms with Gasteiger partial charge in [-0.1, -0.05) is 35.3 Å². The predicted molar refractivity (Wildman–Crippen MR) is 104 cm³/mol. The SMILES string of the molecule is N#C/C(=C\c1ccc(-c2cc(Cl)ccc2Cl)o1)C(=O)Nc1ccccc1O. The van der Waals surface area contributed by atoms with Gasteiger partial charge in [0.25, 0.3) is 5.91 Å². The lowest BCUT2D eigenvalue weighted by Crippen LogP contribution is -2.13. The molecule has 1 aromatic heterocycles. The Hall–Kier alpha value is -3.20. The molecule has 7 heteroatoms. The quantitative estimate of drug-likeness (QED) is 0.344. The highest BCUT2D eigenvalue weighted by Crippen LogP contribution is 2.32. The van der Waals surface area contributed by atoms with Crippen molar-refractivity contribution >= 4 is 40.9 Å². The number of benzene rings is 2. The molecular formula is C20H12Cl2N2O3. The first-order chi connectivity index (χ1) is 13.0. The molecule has 3 rings (SSSR count). The molecule has 1 amide bonds. The third-order valence-electron chi connectivity index (χ3n) is 3.62. The van der Waals surface area contributed by atoms with Gasteiger partial charge in [0, 0.05) is 16.7 Å². The molecule has 2 aromatic carbocycles. The maximum absolute atomic E-state index is 12.3. The lowest BCUT2D eigenvalue weighted by molar-refractivity contribution is -0.112. The van der Waals surface area contributed by atoms with E-state index in [9.17, 15) is 15.2 Å². The van der Waals surface area contributed by atoms with E-state index in [1.807, 2.05) is 6.07 Å². The van der Waals surface area contributed by atoms with Crippen LogP contribution in [0.3, 0.4) is 0 Å². The Balaban J connectivity index is 1.85. The van der Waals surface area contributed by atoms with E-state index in [4.69, 9.17) is 27.6 Å². The summed E-state index contributed by atoms with van der Waals surface area (Å²) in [4.78, 5) is 12.3. The molecule has 0 atom stereocenters. The first-order valence-electron chi connectivity index (χ1n) is 7.74. The molecule has 0 saturated heterocycles. The molecule has 2 N–H and O–H groups in total. The molecule has 0 spiro atoms. The second kappa shape index (κ2) is 8.00. The van der Waals surface area contributed by atoms with Crippen molar-refractivity contribution in [3.05, 3.63) is 76.0 Å². The van der Waals surface area contributed by atoms with Crippen molar-refractivity contribution in [3.63, 3.8) is 0 Å². The summed E-state index contributed by atoms with van der Waals surface area (Å²) >= 11 is 12.1. The van der Waals surface area contributed by atoms with Crippen molar-refractivity contribution in [2.45, 2.75) is 0 Å². The Bertz CT molecular complexity index is 1080. The van der Waals surface area contributed by atoms with Crippen molar-refractivity contribution in [1.29, 1.82) is 5.26 Å². The van der Waals surface area contributed by atoms with Gasteiger partial charge in [-0.05, 0) is 42.5 Å². The van der Waals surface area contributed by atoms with Crippen molar-refractivity contribution < 1.29 is 14.3 Å². The number of para-hydroxylation sites is 2. The molecule has 0 bridgehead atoms. The van der Waals surface area contributed by atoms with Gasteiger partial charge in [0.1, 0.15) is 28.9 Å². The minimum atomic E-state index is -0.669. The maximum atomic E-state index is 12.3. The van der Waals surface area contributed by atoms with Crippen molar-refractivity contribution in [3.8, 4) is 23.1 Å². The minimum absolute atomic E-state index is 0.0981. The maximum Gasteiger partial charge on any atom is 0.266 e. The van der Waals surface area contributed by atoms with E-state index >= 15 is 0 Å². The van der Waals surface area contributed by atoms with Gasteiger partial charge < -0.3 is 14.8 Å². The summed E-state index contributed by atoms with van der Waals surface area (Å²) in [5, 5.41) is 22.4. The Kier molecular flexibility index (Phi) is 5.51. The zero-order chi connectivity index (χ0) is 19.4. The van der Waals surface area contributed by atoms with Crippen LogP contribution in [-0.2, 0) is 4.79 Å². The van der Waals surface area contributed by atoms with E-state index in [-0.39, 0.29) is 17.0 Å². The molecule has 27 heavy (non-hydrogen) atoms. The summed E-state index contributed by atoms with van der Waals surface area (Å²) in [6.07, 6.45) is 1.30. The van der Waals surface area contributed by atoms with Gasteiger partial charge >= 0.3 is 0 Å². The zero-order valence-corrected chi connectivity index (χ0v) is 15.3. The number of hydrogen-bond acceptors (Lipinski definition) is 4. The van der Waals surface area contributed by atoms with E-state index in [1.54, 1.807) is 42.5 Å². The molecular weight excluding hydrogens is 387 g/mol. The monoisotopic (exact) mass is 398 g/mol. The number of halogens is 2. The minimum Gasteiger partial charge on any atom is -0.506 e. The van der Waals surface area contributed by atoms with Crippen molar-refractivity contribution in [2.24, 2.45) is 0 Å². The zero-order valence-electron chi connectivity index (χ0n) is 13.7. The lowest BCUT2D eigenvalue weighted by Gasteiger charge is -2.05. The largest absolute Gasteiger partial charge is 0.506 e. The highest BCUT2D eigenvalue weighted by atomic mass is 35.5. The summed E-state index contributed by atoms with van der Waals surface area (Å²) in [5.41, 5.74) is 0.617. The van der Waals surface area contributed by atoms with Gasteiger partial charge in [-0.2, -0.15) is 5.26 Å². The second-order valence-corrected chi connectivity index (χ2v) is 6.31. The normalized spacial score (nSPS) is 11.1. The van der Waals surface area contributed by atoms with E-state index in [1.165, 1.54) is 18.2 Å². The van der Waals surface area contributed by atoms with Gasteiger partial charge in [-0.25, -0.2) is 0 Å². The van der Waals surface area contributed by atoms with Crippen LogP contribution in [0.15, 0.2) is 64.6 Å². The molecule has 0 aliphatic rings. The number of phenols is 1. The third-order valence-corrected chi connectivity index (χ3v) is 4.19. The first-order valence-corrected chi connectivity index (χ1v) is 8.50. The molecule has 0 aliphatic carbocycles. The van der Waals surface area contributed by atoms with E-state index in [2.05, 4.69) is 5.32 Å². The fourth-order valence-electron chi connectivity index (χ4n) is 2.32. The summed E-state index contributed by atoms with van der Waals surface area (Å²) in [6.45, 7) is 0. The number of nitrogens with one attached hydrogen (secondary N) is 1. The highest BCUT2D eigenvalue weighted by molar-refractivity contribution is 6.35. The first kappa shape index (κ1) is 18.6. The van der Waals surface area contributed by atoms with Crippen LogP contribution in [0.5, 0.6) is 5.75 Å². The number of anilines is 1. The number of aromatic hydroxyl groups is 1. The number of amides is 1. The Morgan fingerprint density at radius 1 is 1.15 bits per heavy atom. The van der Waals surface area contributed by atoms with Gasteiger partial charge in [0.05, 0.1) is 10.7 Å². The fraction of sp³-hybridized carbons (Fsp3) is 0. The number of rotatable bonds is 4. The number of hydrogen-bond donors (Lipinski definition) is 2. The van der Waals surface area contributed by atoms with Crippen LogP contribution >= 0.6 is 23.2 Å². The summed E-state index contributed by atoms with van der Waals surface area (Å²) in [6, 6.07) is 16.3. The van der Waals surface area contributed by atoms with Crippen LogP contribution in [0, 0.1) is 11.3 Å². The van der Waals surface area contributed by atoms with Crippen LogP contribution in [-0.4, -0.2) is 11.0 Å². The van der Waals surface area contributed by atoms with Crippen LogP contribution < -0.4 is 5.32 Å². The summed E-state index contributed by atoms with van der Waals surface area (Å²) in [5.74, 6) is -0.0195. The topological polar surface area (TPSA) is 86.3 Å². The number of nitrogens with zero attached hydrogens (tertiary/aromatic N) is 1. The van der Waals surface area contributed by atoms with Crippen molar-refractivity contribution in [2.75, 3.05) is 5.32 Å². The fourth-order valence-corrected chi connectivity index (χ4v) is 2.70. The van der Waals surface area contributed by atoms with E-state index in [0.717, 1.165) is 0 Å². The average Bonchev–Trinajstić information content (AvgIpc) is 3.12. The highest BCUT2D eigenvalue weighted by Gasteiger charge is 2.14. The predicted octanol–water partition coefficient (Wildman–Crippen LogP) is 5.50. The van der Waals surface area contributed by atoms with Crippen LogP contribution in [0.4, 0.5) is 5.69 Å². The molecule has 1 heterocycles.